The van der Waals surface area contributed by atoms with Gasteiger partial charge in [-0.3, -0.25) is 42.6 Å². The van der Waals surface area contributed by atoms with E-state index >= 15 is 0 Å². The number of allylic oxidation sites excluding steroid dienone is 1. The van der Waals surface area contributed by atoms with E-state index in [1.165, 1.54) is 11.8 Å². The summed E-state index contributed by atoms with van der Waals surface area (Å²) in [7, 11) is -4.23. The smallest absolute Gasteiger partial charge is 0.329 e. The van der Waals surface area contributed by atoms with Crippen LogP contribution in [0, 0.1) is 10.1 Å². The highest BCUT2D eigenvalue weighted by Gasteiger charge is 2.36. The summed E-state index contributed by atoms with van der Waals surface area (Å²) in [4.78, 5) is 78.7. The van der Waals surface area contributed by atoms with E-state index in [-0.39, 0.29) is 51.0 Å². The summed E-state index contributed by atoms with van der Waals surface area (Å²) in [5.41, 5.74) is -1.46. The molecule has 4 heterocycles. The molecule has 23 heteroatoms. The highest BCUT2D eigenvalue weighted by atomic mass is 32.2. The van der Waals surface area contributed by atoms with Crippen molar-refractivity contribution in [3.05, 3.63) is 76.2 Å². The monoisotopic (exact) mass is 842 g/mol. The predicted octanol–water partition coefficient (Wildman–Crippen LogP) is 0.483. The number of hydrogen-bond acceptors (Lipinski definition) is 15. The third-order valence-corrected chi connectivity index (χ3v) is 12.2. The SMILES string of the molecule is CCC(C=C1Sc2ccccc2N1CCCS(=O)(=O)O)=c1s/c(=c2/o/c(=C3/SC(=S)N(CC(=O)O)C3=O)n(CC(=O)O)c2=O)n(CCOCC(=O)O)c1=O. The van der Waals surface area contributed by atoms with Gasteiger partial charge in [-0.15, -0.1) is 11.3 Å². The van der Waals surface area contributed by atoms with E-state index in [2.05, 4.69) is 0 Å². The van der Waals surface area contributed by atoms with E-state index in [1.54, 1.807) is 19.1 Å². The minimum absolute atomic E-state index is 0.0842. The third kappa shape index (κ3) is 9.05. The van der Waals surface area contributed by atoms with Gasteiger partial charge < -0.3 is 29.4 Å². The molecule has 0 unspecified atom stereocenters. The van der Waals surface area contributed by atoms with Crippen molar-refractivity contribution in [3.63, 3.8) is 0 Å². The molecule has 288 valence electrons. The summed E-state index contributed by atoms with van der Waals surface area (Å²) in [5, 5.41) is 28.6. The largest absolute Gasteiger partial charge is 0.480 e. The van der Waals surface area contributed by atoms with Crippen LogP contribution in [0.4, 0.5) is 5.69 Å². The van der Waals surface area contributed by atoms with E-state index in [0.717, 1.165) is 31.4 Å². The first kappa shape index (κ1) is 40.7. The molecule has 2 aromatic heterocycles. The van der Waals surface area contributed by atoms with Crippen molar-refractivity contribution in [3.8, 4) is 0 Å². The highest BCUT2D eigenvalue weighted by molar-refractivity contribution is 8.30. The first-order valence-electron chi connectivity index (χ1n) is 15.7. The number of amides is 1. The van der Waals surface area contributed by atoms with E-state index in [9.17, 15) is 52.0 Å². The molecule has 0 spiro atoms. The zero-order valence-electron chi connectivity index (χ0n) is 28.0. The molecule has 2 aliphatic heterocycles. The van der Waals surface area contributed by atoms with Gasteiger partial charge in [-0.2, -0.15) is 8.42 Å². The normalized spacial score (nSPS) is 17.4. The Balaban J connectivity index is 1.78. The van der Waals surface area contributed by atoms with Crippen molar-refractivity contribution >= 4 is 101 Å². The van der Waals surface area contributed by atoms with Crippen LogP contribution in [0.15, 0.2) is 54.3 Å². The van der Waals surface area contributed by atoms with E-state index in [1.807, 2.05) is 23.1 Å². The number of aliphatic carboxylic acids is 3. The molecular formula is C31H30N4O14S5. The number of carboxylic acid groups (broad SMARTS) is 3. The molecule has 0 aliphatic carbocycles. The summed E-state index contributed by atoms with van der Waals surface area (Å²) >= 11 is 7.94. The molecule has 0 radical (unpaired) electrons. The van der Waals surface area contributed by atoms with Crippen molar-refractivity contribution in [2.75, 3.05) is 37.0 Å². The lowest BCUT2D eigenvalue weighted by Gasteiger charge is -2.20. The second kappa shape index (κ2) is 16.9. The quantitative estimate of drug-likeness (QED) is 0.0922. The average molecular weight is 843 g/mol. The first-order valence-corrected chi connectivity index (χ1v) is 20.2. The fraction of sp³-hybridized carbons (Fsp3) is 0.323. The molecule has 1 amide bonds. The van der Waals surface area contributed by atoms with Crippen LogP contribution in [0.25, 0.3) is 10.5 Å². The summed E-state index contributed by atoms with van der Waals surface area (Å²) in [6.07, 6.45) is 2.09. The lowest BCUT2D eigenvalue weighted by molar-refractivity contribution is -0.142. The van der Waals surface area contributed by atoms with E-state index in [0.29, 0.717) is 26.9 Å². The highest BCUT2D eigenvalue weighted by Crippen LogP contribution is 2.46. The number of carbonyl (C=O) groups excluding carboxylic acids is 1. The molecule has 0 atom stereocenters. The first-order chi connectivity index (χ1) is 25.5. The van der Waals surface area contributed by atoms with Gasteiger partial charge in [0.25, 0.3) is 27.1 Å². The molecule has 1 fully saturated rings. The summed E-state index contributed by atoms with van der Waals surface area (Å²) < 4.78 is 44.9. The number of fused-ring (bicyclic) bond motifs is 1. The number of rotatable bonds is 15. The van der Waals surface area contributed by atoms with Crippen LogP contribution < -0.4 is 26.1 Å². The molecule has 0 saturated carbocycles. The number of benzene rings is 1. The fourth-order valence-electron chi connectivity index (χ4n) is 5.37. The number of thiazole rings is 1. The van der Waals surface area contributed by atoms with Crippen LogP contribution in [0.2, 0.25) is 0 Å². The number of carbonyl (C=O) groups is 4. The van der Waals surface area contributed by atoms with Gasteiger partial charge in [-0.25, -0.2) is 4.79 Å². The summed E-state index contributed by atoms with van der Waals surface area (Å²) in [6, 6.07) is 7.34. The number of thiocarbonyl (C=S) groups is 1. The Kier molecular flexibility index (Phi) is 12.7. The Labute approximate surface area is 321 Å². The van der Waals surface area contributed by atoms with E-state index in [4.69, 9.17) is 26.5 Å². The number of ether oxygens (including phenoxy) is 1. The van der Waals surface area contributed by atoms with Crippen LogP contribution in [-0.4, -0.2) is 103 Å². The molecule has 3 aromatic rings. The van der Waals surface area contributed by atoms with Crippen LogP contribution in [0.5, 0.6) is 0 Å². The Morgan fingerprint density at radius 3 is 2.30 bits per heavy atom. The maximum atomic E-state index is 14.2. The number of anilines is 1. The Hall–Kier alpha value is -4.52. The van der Waals surface area contributed by atoms with Crippen molar-refractivity contribution in [2.24, 2.45) is 0 Å². The Morgan fingerprint density at radius 2 is 1.65 bits per heavy atom. The van der Waals surface area contributed by atoms with Gasteiger partial charge in [0, 0.05) is 11.4 Å². The topological polar surface area (TPSA) is 256 Å². The number of para-hydroxylation sites is 1. The van der Waals surface area contributed by atoms with Gasteiger partial charge >= 0.3 is 17.9 Å². The van der Waals surface area contributed by atoms with Gasteiger partial charge in [-0.05, 0) is 48.4 Å². The Morgan fingerprint density at radius 1 is 0.944 bits per heavy atom. The van der Waals surface area contributed by atoms with Crippen LogP contribution in [0.1, 0.15) is 19.8 Å². The molecule has 1 saturated heterocycles. The van der Waals surface area contributed by atoms with Crippen LogP contribution in [-0.2, 0) is 47.1 Å². The number of hydrogen-bond donors (Lipinski definition) is 4. The minimum atomic E-state index is -4.23. The Bertz CT molecular complexity index is 2550. The van der Waals surface area contributed by atoms with Gasteiger partial charge in [0.1, 0.15) is 33.6 Å². The molecule has 0 bridgehead atoms. The maximum absolute atomic E-state index is 14.2. The predicted molar refractivity (Wildman–Crippen MR) is 200 cm³/mol. The van der Waals surface area contributed by atoms with Crippen LogP contribution >= 0.6 is 47.1 Å². The second-order valence-electron chi connectivity index (χ2n) is 11.4. The zero-order valence-corrected chi connectivity index (χ0v) is 32.0. The number of oxazole rings is 1. The molecule has 2 aliphatic rings. The average Bonchev–Trinajstić information content (AvgIpc) is 3.79. The zero-order chi connectivity index (χ0) is 39.5. The van der Waals surface area contributed by atoms with Gasteiger partial charge in [0.05, 0.1) is 34.2 Å². The molecule has 1 aromatic carbocycles. The lowest BCUT2D eigenvalue weighted by Crippen LogP contribution is -2.36. The molecule has 5 rings (SSSR count). The molecule has 4 N–H and O–H groups in total. The van der Waals surface area contributed by atoms with E-state index < -0.39 is 81.5 Å². The fourth-order valence-corrected chi connectivity index (χ4v) is 9.51. The van der Waals surface area contributed by atoms with Crippen molar-refractivity contribution in [1.82, 2.24) is 14.0 Å². The minimum Gasteiger partial charge on any atom is -0.480 e. The number of aromatic nitrogens is 2. The third-order valence-electron chi connectivity index (χ3n) is 7.67. The number of carboxylic acids is 3. The molecule has 18 nitrogen and oxygen atoms in total. The lowest BCUT2D eigenvalue weighted by atomic mass is 10.2. The van der Waals surface area contributed by atoms with Crippen LogP contribution in [0.3, 0.4) is 0 Å². The molecular weight excluding hydrogens is 813 g/mol. The molecule has 54 heavy (non-hydrogen) atoms. The van der Waals surface area contributed by atoms with Gasteiger partial charge in [0.2, 0.25) is 11.0 Å². The summed E-state index contributed by atoms with van der Waals surface area (Å²) in [5.74, 6) is -5.55. The maximum Gasteiger partial charge on any atom is 0.329 e. The standard InChI is InChI=1S/C31H30N4O14S5/c1-2-16(12-19-32(8-5-11-54(45,46)47)17-6-3-4-7-18(17)51-19)24-27(43)33(9-10-48-15-22(40)41)30(52-24)23-26(42)34(13-20(36)37)29(49-23)25-28(44)35(14-21(38)39)31(50)53-25/h3-4,6-7,12H,2,5,8-11,13-15H2,1H3,(H,36,37)(H,38,39)(H,40,41)(H,45,46,47)/b19-12?,24-16?,29-25+,30-23+. The number of nitrogens with zero attached hydrogens (tertiary/aromatic N) is 4. The van der Waals surface area contributed by atoms with Gasteiger partial charge in [0.15, 0.2) is 0 Å². The van der Waals surface area contributed by atoms with Crippen molar-refractivity contribution in [1.29, 1.82) is 0 Å². The van der Waals surface area contributed by atoms with Gasteiger partial charge in [-0.1, -0.05) is 43.0 Å². The second-order valence-corrected chi connectivity index (χ2v) is 16.6. The number of thioether (sulfide) groups is 2. The summed E-state index contributed by atoms with van der Waals surface area (Å²) in [6.45, 7) is -1.07. The van der Waals surface area contributed by atoms with Crippen molar-refractivity contribution < 1.29 is 56.6 Å². The van der Waals surface area contributed by atoms with Crippen molar-refractivity contribution in [2.45, 2.75) is 37.8 Å².